The second-order valence-electron chi connectivity index (χ2n) is 7.89. The molecule has 5 rings (SSSR count). The van der Waals surface area contributed by atoms with Gasteiger partial charge in [-0.3, -0.25) is 4.68 Å². The van der Waals surface area contributed by atoms with Gasteiger partial charge in [-0.25, -0.2) is 13.8 Å². The van der Waals surface area contributed by atoms with Crippen molar-refractivity contribution >= 4 is 16.7 Å². The van der Waals surface area contributed by atoms with E-state index in [1.165, 1.54) is 10.9 Å². The molecule has 0 amide bonds. The minimum atomic E-state index is -5.12. The Morgan fingerprint density at radius 3 is 2.47 bits per heavy atom. The fourth-order valence-corrected chi connectivity index (χ4v) is 4.39. The van der Waals surface area contributed by atoms with Gasteiger partial charge in [-0.15, -0.1) is 0 Å². The number of fused-ring (bicyclic) bond motifs is 3. The summed E-state index contributed by atoms with van der Waals surface area (Å²) < 4.78 is 75.1. The third-order valence-electron chi connectivity index (χ3n) is 5.89. The van der Waals surface area contributed by atoms with Crippen molar-refractivity contribution in [3.63, 3.8) is 0 Å². The maximum atomic E-state index is 14.6. The van der Waals surface area contributed by atoms with Gasteiger partial charge in [0.2, 0.25) is 0 Å². The summed E-state index contributed by atoms with van der Waals surface area (Å²) in [4.78, 5) is 6.60. The van der Waals surface area contributed by atoms with Crippen molar-refractivity contribution in [3.8, 4) is 17.0 Å². The summed E-state index contributed by atoms with van der Waals surface area (Å²) >= 11 is 0. The predicted molar refractivity (Wildman–Crippen MR) is 104 cm³/mol. The summed E-state index contributed by atoms with van der Waals surface area (Å²) in [6.45, 7) is 2.49. The largest absolute Gasteiger partial charge is 0.503 e. The number of morpholine rings is 1. The lowest BCUT2D eigenvalue weighted by atomic mass is 10.0. The first-order valence-corrected chi connectivity index (χ1v) is 9.85. The van der Waals surface area contributed by atoms with E-state index in [-0.39, 0.29) is 23.2 Å². The monoisotopic (exact) mass is 455 g/mol. The number of halogens is 5. The fourth-order valence-electron chi connectivity index (χ4n) is 4.39. The number of aryl methyl sites for hydroxylation is 1. The highest BCUT2D eigenvalue weighted by atomic mass is 19.4. The van der Waals surface area contributed by atoms with E-state index in [2.05, 4.69) is 20.3 Å². The SMILES string of the molecule is Cn1nc(-c2cc(C(F)(F)F)c(F)c(O)c2F)c2cnc(N3C4CNC[C@H]3COC4)cc21. The lowest BCUT2D eigenvalue weighted by molar-refractivity contribution is -0.140. The van der Waals surface area contributed by atoms with E-state index in [4.69, 9.17) is 4.74 Å². The van der Waals surface area contributed by atoms with Gasteiger partial charge in [0.1, 0.15) is 11.5 Å². The van der Waals surface area contributed by atoms with E-state index < -0.39 is 34.7 Å². The highest BCUT2D eigenvalue weighted by Crippen LogP contribution is 2.41. The lowest BCUT2D eigenvalue weighted by Crippen LogP contribution is -2.64. The summed E-state index contributed by atoms with van der Waals surface area (Å²) in [5.41, 5.74) is -2.12. The molecule has 2 fully saturated rings. The van der Waals surface area contributed by atoms with Gasteiger partial charge in [0.25, 0.3) is 0 Å². The van der Waals surface area contributed by atoms with E-state index in [0.29, 0.717) is 43.7 Å². The number of nitrogens with zero attached hydrogens (tertiary/aromatic N) is 4. The number of hydrogen-bond donors (Lipinski definition) is 2. The van der Waals surface area contributed by atoms with Gasteiger partial charge in [0, 0.05) is 43.4 Å². The number of phenolic OH excluding ortho intramolecular Hbond substituents is 1. The van der Waals surface area contributed by atoms with E-state index in [0.717, 1.165) is 0 Å². The second kappa shape index (κ2) is 7.27. The van der Waals surface area contributed by atoms with Crippen molar-refractivity contribution in [1.82, 2.24) is 20.1 Å². The Labute approximate surface area is 178 Å². The Hall–Kier alpha value is -2.99. The summed E-state index contributed by atoms with van der Waals surface area (Å²) in [6.07, 6.45) is -3.72. The van der Waals surface area contributed by atoms with Crippen molar-refractivity contribution in [3.05, 3.63) is 35.5 Å². The normalized spacial score (nSPS) is 21.4. The van der Waals surface area contributed by atoms with Crippen LogP contribution >= 0.6 is 0 Å². The molecule has 2 bridgehead atoms. The molecule has 0 radical (unpaired) electrons. The van der Waals surface area contributed by atoms with Crippen molar-refractivity contribution in [2.24, 2.45) is 7.05 Å². The molecule has 2 saturated heterocycles. The van der Waals surface area contributed by atoms with Gasteiger partial charge in [0.05, 0.1) is 36.4 Å². The Kier molecular flexibility index (Phi) is 4.75. The van der Waals surface area contributed by atoms with Crippen LogP contribution in [0.4, 0.5) is 27.8 Å². The molecule has 12 heteroatoms. The number of alkyl halides is 3. The summed E-state index contributed by atoms with van der Waals surface area (Å²) in [5, 5.41) is 17.4. The molecule has 2 atom stereocenters. The number of pyridine rings is 1. The van der Waals surface area contributed by atoms with Gasteiger partial charge in [-0.2, -0.15) is 18.3 Å². The highest BCUT2D eigenvalue weighted by molar-refractivity contribution is 5.94. The van der Waals surface area contributed by atoms with E-state index >= 15 is 0 Å². The van der Waals surface area contributed by atoms with Gasteiger partial charge < -0.3 is 20.1 Å². The maximum absolute atomic E-state index is 14.6. The number of benzene rings is 1. The van der Waals surface area contributed by atoms with Gasteiger partial charge in [-0.05, 0) is 6.07 Å². The molecule has 2 N–H and O–H groups in total. The van der Waals surface area contributed by atoms with E-state index in [1.807, 2.05) is 0 Å². The van der Waals surface area contributed by atoms with Crippen LogP contribution in [0, 0.1) is 11.6 Å². The molecule has 4 heterocycles. The minimum Gasteiger partial charge on any atom is -0.503 e. The standard InChI is InChI=1S/C20H18F5N5O2/c1-29-14-3-15(30-9-4-26-5-10(30)8-32-7-9)27-6-12(14)18(28-29)11-2-13(20(23,24)25)17(22)19(31)16(11)21/h2-3,6,9-10,26,31H,4-5,7-8H2,1H3/t9-,10?/m0/s1. The van der Waals surface area contributed by atoms with E-state index in [1.54, 1.807) is 13.1 Å². The predicted octanol–water partition coefficient (Wildman–Crippen LogP) is 2.81. The molecule has 2 aliphatic heterocycles. The molecule has 3 aromatic rings. The van der Waals surface area contributed by atoms with E-state index in [9.17, 15) is 27.1 Å². The van der Waals surface area contributed by atoms with Crippen molar-refractivity contribution in [2.45, 2.75) is 18.3 Å². The van der Waals surface area contributed by atoms with Crippen LogP contribution in [0.25, 0.3) is 22.2 Å². The highest BCUT2D eigenvalue weighted by Gasteiger charge is 2.39. The van der Waals surface area contributed by atoms with Crippen LogP contribution in [-0.4, -0.2) is 58.3 Å². The zero-order chi connectivity index (χ0) is 22.8. The number of ether oxygens (including phenoxy) is 1. The molecule has 7 nitrogen and oxygen atoms in total. The molecule has 170 valence electrons. The third kappa shape index (κ3) is 3.16. The first-order valence-electron chi connectivity index (χ1n) is 9.85. The molecular formula is C20H18F5N5O2. The smallest absolute Gasteiger partial charge is 0.419 e. The molecule has 32 heavy (non-hydrogen) atoms. The molecule has 2 aliphatic rings. The van der Waals surface area contributed by atoms with Crippen LogP contribution in [0.1, 0.15) is 5.56 Å². The first kappa shape index (κ1) is 20.9. The number of aromatic nitrogens is 3. The Morgan fingerprint density at radius 1 is 1.12 bits per heavy atom. The van der Waals surface area contributed by atoms with Crippen LogP contribution in [0.3, 0.4) is 0 Å². The lowest BCUT2D eigenvalue weighted by Gasteiger charge is -2.46. The third-order valence-corrected chi connectivity index (χ3v) is 5.89. The van der Waals surface area contributed by atoms with Crippen LogP contribution in [0.2, 0.25) is 0 Å². The molecular weight excluding hydrogens is 437 g/mol. The zero-order valence-electron chi connectivity index (χ0n) is 16.7. The minimum absolute atomic E-state index is 0.0704. The Balaban J connectivity index is 1.64. The van der Waals surface area contributed by atoms with Crippen molar-refractivity contribution in [1.29, 1.82) is 0 Å². The van der Waals surface area contributed by atoms with Gasteiger partial charge in [-0.1, -0.05) is 0 Å². The number of anilines is 1. The second-order valence-corrected chi connectivity index (χ2v) is 7.89. The molecule has 0 aliphatic carbocycles. The fraction of sp³-hybridized carbons (Fsp3) is 0.400. The van der Waals surface area contributed by atoms with Crippen LogP contribution in [-0.2, 0) is 18.0 Å². The average Bonchev–Trinajstić information content (AvgIpc) is 3.06. The number of phenols is 1. The van der Waals surface area contributed by atoms with Gasteiger partial charge in [0.15, 0.2) is 17.4 Å². The molecule has 0 spiro atoms. The number of piperazine rings is 1. The topological polar surface area (TPSA) is 75.4 Å². The number of hydrogen-bond acceptors (Lipinski definition) is 6. The number of nitrogens with one attached hydrogen (secondary N) is 1. The van der Waals surface area contributed by atoms with Crippen molar-refractivity contribution in [2.75, 3.05) is 31.2 Å². The Bertz CT molecular complexity index is 1190. The zero-order valence-corrected chi connectivity index (χ0v) is 16.7. The molecule has 0 saturated carbocycles. The summed E-state index contributed by atoms with van der Waals surface area (Å²) in [7, 11) is 1.56. The number of aromatic hydroxyl groups is 1. The summed E-state index contributed by atoms with van der Waals surface area (Å²) in [5.74, 6) is -4.64. The first-order chi connectivity index (χ1) is 15.2. The maximum Gasteiger partial charge on any atom is 0.419 e. The average molecular weight is 455 g/mol. The molecule has 1 unspecified atom stereocenters. The van der Waals surface area contributed by atoms with Crippen LogP contribution < -0.4 is 10.2 Å². The Morgan fingerprint density at radius 2 is 1.81 bits per heavy atom. The van der Waals surface area contributed by atoms with Crippen LogP contribution in [0.5, 0.6) is 5.75 Å². The van der Waals surface area contributed by atoms with Crippen molar-refractivity contribution < 1.29 is 31.8 Å². The quantitative estimate of drug-likeness (QED) is 0.579. The van der Waals surface area contributed by atoms with Gasteiger partial charge >= 0.3 is 6.18 Å². The molecule has 2 aromatic heterocycles. The molecule has 1 aromatic carbocycles. The van der Waals surface area contributed by atoms with Crippen LogP contribution in [0.15, 0.2) is 18.3 Å². The number of rotatable bonds is 2. The summed E-state index contributed by atoms with van der Waals surface area (Å²) in [6, 6.07) is 2.19.